The van der Waals surface area contributed by atoms with E-state index in [0.717, 1.165) is 24.1 Å². The molecule has 30 heavy (non-hydrogen) atoms. The number of nitrogens with one attached hydrogen (secondary N) is 2. The third-order valence-corrected chi connectivity index (χ3v) is 7.56. The predicted molar refractivity (Wildman–Crippen MR) is 125 cm³/mol. The molecule has 0 radical (unpaired) electrons. The van der Waals surface area contributed by atoms with Crippen molar-refractivity contribution in [3.05, 3.63) is 58.1 Å². The van der Waals surface area contributed by atoms with Crippen LogP contribution in [0.4, 0.5) is 5.69 Å². The second kappa shape index (κ2) is 10.3. The second-order valence-corrected chi connectivity index (χ2v) is 10.6. The normalized spacial score (nSPS) is 16.6. The van der Waals surface area contributed by atoms with Crippen LogP contribution < -0.4 is 10.0 Å². The highest BCUT2D eigenvalue weighted by Crippen LogP contribution is 2.27. The Balaban J connectivity index is 1.75. The van der Waals surface area contributed by atoms with Crippen LogP contribution in [0.1, 0.15) is 43.7 Å². The Hall–Kier alpha value is -1.31. The first-order valence-corrected chi connectivity index (χ1v) is 12.5. The summed E-state index contributed by atoms with van der Waals surface area (Å²) in [5.41, 5.74) is 1.72. The number of nitrogens with zero attached hydrogens (tertiary/aromatic N) is 1. The van der Waals surface area contributed by atoms with Crippen molar-refractivity contribution in [3.63, 3.8) is 0 Å². The summed E-state index contributed by atoms with van der Waals surface area (Å²) in [6.07, 6.45) is 6.12. The summed E-state index contributed by atoms with van der Waals surface area (Å²) in [5, 5.41) is 4.35. The Bertz CT molecular complexity index is 943. The lowest BCUT2D eigenvalue weighted by molar-refractivity contribution is 0.363. The summed E-state index contributed by atoms with van der Waals surface area (Å²) in [6, 6.07) is 12.2. The van der Waals surface area contributed by atoms with Crippen LogP contribution in [0, 0.1) is 0 Å². The number of sulfonamides is 1. The van der Waals surface area contributed by atoms with Crippen molar-refractivity contribution in [1.82, 2.24) is 9.62 Å². The molecule has 0 unspecified atom stereocenters. The van der Waals surface area contributed by atoms with Gasteiger partial charge >= 0.3 is 0 Å². The van der Waals surface area contributed by atoms with Crippen LogP contribution in [0.5, 0.6) is 0 Å². The molecule has 0 spiro atoms. The SMILES string of the molecule is CN(C)C[C@@H](NS(=O)(=O)c1ccc(NC2CCCCC2)cc1)c1ccc(Cl)c(Cl)c1. The number of halogens is 2. The zero-order valence-corrected chi connectivity index (χ0v) is 19.7. The topological polar surface area (TPSA) is 61.4 Å². The van der Waals surface area contributed by atoms with E-state index in [4.69, 9.17) is 23.2 Å². The van der Waals surface area contributed by atoms with Gasteiger partial charge in [0, 0.05) is 18.3 Å². The average Bonchev–Trinajstić information content (AvgIpc) is 2.70. The number of anilines is 1. The molecular formula is C22H29Cl2N3O2S. The van der Waals surface area contributed by atoms with Gasteiger partial charge in [0.2, 0.25) is 10.0 Å². The highest BCUT2D eigenvalue weighted by atomic mass is 35.5. The fourth-order valence-corrected chi connectivity index (χ4v) is 5.30. The molecule has 0 amide bonds. The van der Waals surface area contributed by atoms with Crippen LogP contribution in [0.25, 0.3) is 0 Å². The van der Waals surface area contributed by atoms with Crippen molar-refractivity contribution in [2.24, 2.45) is 0 Å². The van der Waals surface area contributed by atoms with Crippen LogP contribution in [-0.2, 0) is 10.0 Å². The maximum atomic E-state index is 13.0. The van der Waals surface area contributed by atoms with Gasteiger partial charge in [-0.15, -0.1) is 0 Å². The first-order chi connectivity index (χ1) is 14.2. The fraction of sp³-hybridized carbons (Fsp3) is 0.455. The number of rotatable bonds is 8. The van der Waals surface area contributed by atoms with Crippen LogP contribution >= 0.6 is 23.2 Å². The lowest BCUT2D eigenvalue weighted by Crippen LogP contribution is -2.35. The molecular weight excluding hydrogens is 441 g/mol. The Labute approximate surface area is 189 Å². The van der Waals surface area contributed by atoms with Gasteiger partial charge in [0.15, 0.2) is 0 Å². The third-order valence-electron chi connectivity index (χ3n) is 5.33. The summed E-state index contributed by atoms with van der Waals surface area (Å²) in [6.45, 7) is 0.485. The smallest absolute Gasteiger partial charge is 0.241 e. The minimum Gasteiger partial charge on any atom is -0.382 e. The molecule has 1 saturated carbocycles. The molecule has 2 N–H and O–H groups in total. The molecule has 0 bridgehead atoms. The Morgan fingerprint density at radius 2 is 1.67 bits per heavy atom. The van der Waals surface area contributed by atoms with Gasteiger partial charge in [-0.05, 0) is 68.9 Å². The number of likely N-dealkylation sites (N-methyl/N-ethyl adjacent to an activating group) is 1. The van der Waals surface area contributed by atoms with Crippen LogP contribution in [0.2, 0.25) is 10.0 Å². The van der Waals surface area contributed by atoms with Crippen LogP contribution in [-0.4, -0.2) is 40.0 Å². The molecule has 0 aromatic heterocycles. The van der Waals surface area contributed by atoms with Crippen molar-refractivity contribution in [2.75, 3.05) is 26.0 Å². The van der Waals surface area contributed by atoms with Gasteiger partial charge in [-0.1, -0.05) is 48.5 Å². The molecule has 2 aromatic carbocycles. The van der Waals surface area contributed by atoms with Crippen molar-refractivity contribution >= 4 is 38.9 Å². The molecule has 1 aliphatic rings. The largest absolute Gasteiger partial charge is 0.382 e. The van der Waals surface area contributed by atoms with E-state index in [9.17, 15) is 8.42 Å². The summed E-state index contributed by atoms with van der Waals surface area (Å²) in [4.78, 5) is 2.16. The molecule has 0 saturated heterocycles. The number of hydrogen-bond acceptors (Lipinski definition) is 4. The van der Waals surface area contributed by atoms with Gasteiger partial charge < -0.3 is 10.2 Å². The fourth-order valence-electron chi connectivity index (χ4n) is 3.77. The van der Waals surface area contributed by atoms with E-state index in [2.05, 4.69) is 10.0 Å². The van der Waals surface area contributed by atoms with Gasteiger partial charge in [-0.2, -0.15) is 0 Å². The second-order valence-electron chi connectivity index (χ2n) is 8.11. The summed E-state index contributed by atoms with van der Waals surface area (Å²) in [5.74, 6) is 0. The number of hydrogen-bond donors (Lipinski definition) is 2. The number of benzene rings is 2. The molecule has 5 nitrogen and oxygen atoms in total. The maximum absolute atomic E-state index is 13.0. The lowest BCUT2D eigenvalue weighted by atomic mass is 9.95. The van der Waals surface area contributed by atoms with Gasteiger partial charge in [0.1, 0.15) is 0 Å². The first-order valence-electron chi connectivity index (χ1n) is 10.2. The van der Waals surface area contributed by atoms with Crippen molar-refractivity contribution in [2.45, 2.75) is 49.1 Å². The van der Waals surface area contributed by atoms with E-state index in [1.54, 1.807) is 30.3 Å². The Morgan fingerprint density at radius 1 is 1.00 bits per heavy atom. The van der Waals surface area contributed by atoms with Crippen LogP contribution in [0.15, 0.2) is 47.4 Å². The predicted octanol–water partition coefficient (Wildman–Crippen LogP) is 5.32. The summed E-state index contributed by atoms with van der Waals surface area (Å²) >= 11 is 12.2. The minimum atomic E-state index is -3.71. The average molecular weight is 470 g/mol. The molecule has 1 atom stereocenters. The highest BCUT2D eigenvalue weighted by Gasteiger charge is 2.23. The summed E-state index contributed by atoms with van der Waals surface area (Å²) in [7, 11) is 0.0802. The molecule has 3 rings (SSSR count). The van der Waals surface area contributed by atoms with E-state index >= 15 is 0 Å². The zero-order chi connectivity index (χ0) is 21.7. The van der Waals surface area contributed by atoms with E-state index in [0.29, 0.717) is 22.6 Å². The molecule has 164 valence electrons. The van der Waals surface area contributed by atoms with Gasteiger partial charge in [0.05, 0.1) is 21.0 Å². The van der Waals surface area contributed by atoms with E-state index in [1.165, 1.54) is 19.3 Å². The first kappa shape index (κ1) is 23.4. The summed E-state index contributed by atoms with van der Waals surface area (Å²) < 4.78 is 28.9. The highest BCUT2D eigenvalue weighted by molar-refractivity contribution is 7.89. The van der Waals surface area contributed by atoms with Gasteiger partial charge in [-0.3, -0.25) is 0 Å². The standard InChI is InChI=1S/C22H29Cl2N3O2S/c1-27(2)15-22(16-8-13-20(23)21(24)14-16)26-30(28,29)19-11-9-18(10-12-19)25-17-6-4-3-5-7-17/h8-14,17,22,25-26H,3-7,15H2,1-2H3/t22-/m1/s1. The third kappa shape index (κ3) is 6.34. The van der Waals surface area contributed by atoms with Gasteiger partial charge in [0.25, 0.3) is 0 Å². The molecule has 1 fully saturated rings. The quantitative estimate of drug-likeness (QED) is 0.548. The van der Waals surface area contributed by atoms with Crippen molar-refractivity contribution in [3.8, 4) is 0 Å². The maximum Gasteiger partial charge on any atom is 0.241 e. The van der Waals surface area contributed by atoms with E-state index < -0.39 is 16.1 Å². The monoisotopic (exact) mass is 469 g/mol. The zero-order valence-electron chi connectivity index (χ0n) is 17.4. The van der Waals surface area contributed by atoms with Crippen LogP contribution in [0.3, 0.4) is 0 Å². The molecule has 0 aliphatic heterocycles. The Morgan fingerprint density at radius 3 is 2.27 bits per heavy atom. The van der Waals surface area contributed by atoms with E-state index in [1.807, 2.05) is 31.1 Å². The van der Waals surface area contributed by atoms with E-state index in [-0.39, 0.29) is 4.90 Å². The lowest BCUT2D eigenvalue weighted by Gasteiger charge is -2.24. The molecule has 8 heteroatoms. The minimum absolute atomic E-state index is 0.237. The molecule has 1 aliphatic carbocycles. The van der Waals surface area contributed by atoms with Crippen molar-refractivity contribution < 1.29 is 8.42 Å². The molecule has 2 aromatic rings. The molecule has 0 heterocycles. The van der Waals surface area contributed by atoms with Crippen molar-refractivity contribution in [1.29, 1.82) is 0 Å². The van der Waals surface area contributed by atoms with Gasteiger partial charge in [-0.25, -0.2) is 13.1 Å². The Kier molecular flexibility index (Phi) is 8.04.